The normalized spacial score (nSPS) is 11.9. The summed E-state index contributed by atoms with van der Waals surface area (Å²) in [6, 6.07) is 4.18. The largest absolute Gasteiger partial charge is 0.349 e. The molecule has 1 aromatic rings. The highest BCUT2D eigenvalue weighted by atomic mass is 15.0. The predicted molar refractivity (Wildman–Crippen MR) is 53.3 cm³/mol. The molecule has 1 heterocycles. The van der Waals surface area contributed by atoms with Gasteiger partial charge in [0.1, 0.15) is 0 Å². The van der Waals surface area contributed by atoms with E-state index in [0.29, 0.717) is 5.54 Å². The summed E-state index contributed by atoms with van der Waals surface area (Å²) in [5.41, 5.74) is 0.291. The molecule has 0 aromatic carbocycles. The number of nitrogens with zero attached hydrogens (tertiary/aromatic N) is 1. The second-order valence-corrected chi connectivity index (χ2v) is 4.01. The summed E-state index contributed by atoms with van der Waals surface area (Å²) in [5.74, 6) is 0. The highest BCUT2D eigenvalue weighted by molar-refractivity contribution is 4.95. The summed E-state index contributed by atoms with van der Waals surface area (Å²) < 4.78 is 2.29. The topological polar surface area (TPSA) is 4.93 Å². The van der Waals surface area contributed by atoms with E-state index in [1.807, 2.05) is 0 Å². The first-order valence-electron chi connectivity index (χ1n) is 4.80. The number of aromatic nitrogens is 1. The molecule has 12 heavy (non-hydrogen) atoms. The molecular formula is C11H19N. The van der Waals surface area contributed by atoms with Gasteiger partial charge in [0, 0.05) is 17.9 Å². The van der Waals surface area contributed by atoms with Crippen LogP contribution in [-0.2, 0) is 5.54 Å². The predicted octanol–water partition coefficient (Wildman–Crippen LogP) is 3.41. The van der Waals surface area contributed by atoms with Crippen LogP contribution in [0.15, 0.2) is 24.5 Å². The Labute approximate surface area is 75.4 Å². The average Bonchev–Trinajstić information content (AvgIpc) is 2.53. The molecule has 0 unspecified atom stereocenters. The second-order valence-electron chi connectivity index (χ2n) is 4.01. The summed E-state index contributed by atoms with van der Waals surface area (Å²) in [4.78, 5) is 0. The van der Waals surface area contributed by atoms with Crippen LogP contribution in [0, 0.1) is 0 Å². The monoisotopic (exact) mass is 165 g/mol. The molecule has 0 aliphatic rings. The standard InChI is InChI=1S/C11H19N/c1-4-5-8-11(2,3)12-9-6-7-10-12/h6-7,9-10H,4-5,8H2,1-3H3. The first-order chi connectivity index (χ1) is 5.67. The summed E-state index contributed by atoms with van der Waals surface area (Å²) in [5, 5.41) is 0. The van der Waals surface area contributed by atoms with Crippen molar-refractivity contribution in [2.75, 3.05) is 0 Å². The maximum Gasteiger partial charge on any atom is 0.0383 e. The van der Waals surface area contributed by atoms with Gasteiger partial charge in [-0.3, -0.25) is 0 Å². The van der Waals surface area contributed by atoms with Gasteiger partial charge >= 0.3 is 0 Å². The maximum atomic E-state index is 2.29. The van der Waals surface area contributed by atoms with Crippen LogP contribution in [0.4, 0.5) is 0 Å². The Balaban J connectivity index is 2.59. The summed E-state index contributed by atoms with van der Waals surface area (Å²) >= 11 is 0. The Bertz CT molecular complexity index is 209. The van der Waals surface area contributed by atoms with Crippen molar-refractivity contribution in [2.45, 2.75) is 45.6 Å². The van der Waals surface area contributed by atoms with Gasteiger partial charge in [0.15, 0.2) is 0 Å². The van der Waals surface area contributed by atoms with E-state index in [9.17, 15) is 0 Å². The van der Waals surface area contributed by atoms with Crippen LogP contribution in [0.3, 0.4) is 0 Å². The van der Waals surface area contributed by atoms with Crippen LogP contribution in [0.1, 0.15) is 40.0 Å². The van der Waals surface area contributed by atoms with Gasteiger partial charge in [-0.05, 0) is 32.4 Å². The molecule has 1 rings (SSSR count). The number of rotatable bonds is 4. The highest BCUT2D eigenvalue weighted by Gasteiger charge is 2.17. The van der Waals surface area contributed by atoms with E-state index in [1.54, 1.807) is 0 Å². The second kappa shape index (κ2) is 3.79. The van der Waals surface area contributed by atoms with Crippen LogP contribution in [0.25, 0.3) is 0 Å². The minimum atomic E-state index is 0.291. The fourth-order valence-corrected chi connectivity index (χ4v) is 1.48. The summed E-state index contributed by atoms with van der Waals surface area (Å²) in [6.45, 7) is 6.83. The van der Waals surface area contributed by atoms with Crippen molar-refractivity contribution in [3.63, 3.8) is 0 Å². The Hall–Kier alpha value is -0.720. The van der Waals surface area contributed by atoms with E-state index in [0.717, 1.165) is 0 Å². The lowest BCUT2D eigenvalue weighted by Gasteiger charge is -2.26. The van der Waals surface area contributed by atoms with Crippen LogP contribution in [-0.4, -0.2) is 4.57 Å². The third kappa shape index (κ3) is 2.13. The van der Waals surface area contributed by atoms with Gasteiger partial charge in [-0.25, -0.2) is 0 Å². The van der Waals surface area contributed by atoms with E-state index in [-0.39, 0.29) is 0 Å². The number of hydrogen-bond donors (Lipinski definition) is 0. The molecule has 68 valence electrons. The molecular weight excluding hydrogens is 146 g/mol. The van der Waals surface area contributed by atoms with Gasteiger partial charge in [0.25, 0.3) is 0 Å². The fourth-order valence-electron chi connectivity index (χ4n) is 1.48. The minimum absolute atomic E-state index is 0.291. The molecule has 1 nitrogen and oxygen atoms in total. The molecule has 1 aromatic heterocycles. The molecule has 0 amide bonds. The maximum absolute atomic E-state index is 2.29. The Morgan fingerprint density at radius 1 is 1.17 bits per heavy atom. The third-order valence-electron chi connectivity index (χ3n) is 2.45. The van der Waals surface area contributed by atoms with Crippen molar-refractivity contribution >= 4 is 0 Å². The zero-order valence-corrected chi connectivity index (χ0v) is 8.38. The van der Waals surface area contributed by atoms with Gasteiger partial charge in [-0.15, -0.1) is 0 Å². The Morgan fingerprint density at radius 3 is 2.25 bits per heavy atom. The molecule has 0 bridgehead atoms. The SMILES string of the molecule is CCCCC(C)(C)n1cccc1. The zero-order chi connectivity index (χ0) is 9.03. The molecule has 0 saturated heterocycles. The number of unbranched alkanes of at least 4 members (excludes halogenated alkanes) is 1. The Kier molecular flexibility index (Phi) is 2.96. The molecule has 0 aliphatic heterocycles. The van der Waals surface area contributed by atoms with E-state index < -0.39 is 0 Å². The van der Waals surface area contributed by atoms with Gasteiger partial charge in [0.05, 0.1) is 0 Å². The van der Waals surface area contributed by atoms with Crippen molar-refractivity contribution in [1.29, 1.82) is 0 Å². The highest BCUT2D eigenvalue weighted by Crippen LogP contribution is 2.22. The molecule has 0 atom stereocenters. The molecule has 0 saturated carbocycles. The van der Waals surface area contributed by atoms with Crippen LogP contribution in [0.2, 0.25) is 0 Å². The molecule has 1 heteroatoms. The van der Waals surface area contributed by atoms with Crippen molar-refractivity contribution in [3.8, 4) is 0 Å². The lowest BCUT2D eigenvalue weighted by Crippen LogP contribution is -2.24. The van der Waals surface area contributed by atoms with Crippen molar-refractivity contribution < 1.29 is 0 Å². The lowest BCUT2D eigenvalue weighted by molar-refractivity contribution is 0.318. The van der Waals surface area contributed by atoms with Crippen LogP contribution in [0.5, 0.6) is 0 Å². The van der Waals surface area contributed by atoms with Gasteiger partial charge in [-0.1, -0.05) is 19.8 Å². The molecule has 0 aliphatic carbocycles. The Morgan fingerprint density at radius 2 is 1.75 bits per heavy atom. The van der Waals surface area contributed by atoms with Gasteiger partial charge < -0.3 is 4.57 Å². The van der Waals surface area contributed by atoms with Crippen molar-refractivity contribution in [1.82, 2.24) is 4.57 Å². The smallest absolute Gasteiger partial charge is 0.0383 e. The average molecular weight is 165 g/mol. The van der Waals surface area contributed by atoms with Gasteiger partial charge in [-0.2, -0.15) is 0 Å². The first-order valence-corrected chi connectivity index (χ1v) is 4.80. The van der Waals surface area contributed by atoms with Gasteiger partial charge in [0.2, 0.25) is 0 Å². The number of hydrogen-bond acceptors (Lipinski definition) is 0. The van der Waals surface area contributed by atoms with Crippen LogP contribution >= 0.6 is 0 Å². The third-order valence-corrected chi connectivity index (χ3v) is 2.45. The first kappa shape index (κ1) is 9.37. The molecule has 0 N–H and O–H groups in total. The van der Waals surface area contributed by atoms with E-state index in [4.69, 9.17) is 0 Å². The molecule has 0 radical (unpaired) electrons. The summed E-state index contributed by atoms with van der Waals surface area (Å²) in [6.07, 6.45) is 8.15. The summed E-state index contributed by atoms with van der Waals surface area (Å²) in [7, 11) is 0. The molecule has 0 fully saturated rings. The lowest BCUT2D eigenvalue weighted by atomic mass is 9.97. The van der Waals surface area contributed by atoms with Crippen molar-refractivity contribution in [2.24, 2.45) is 0 Å². The van der Waals surface area contributed by atoms with Crippen molar-refractivity contribution in [3.05, 3.63) is 24.5 Å². The fraction of sp³-hybridized carbons (Fsp3) is 0.636. The molecule has 0 spiro atoms. The van der Waals surface area contributed by atoms with E-state index >= 15 is 0 Å². The quantitative estimate of drug-likeness (QED) is 0.644. The zero-order valence-electron chi connectivity index (χ0n) is 8.38. The minimum Gasteiger partial charge on any atom is -0.349 e. The van der Waals surface area contributed by atoms with E-state index in [1.165, 1.54) is 19.3 Å². The van der Waals surface area contributed by atoms with E-state index in [2.05, 4.69) is 49.9 Å². The van der Waals surface area contributed by atoms with Crippen LogP contribution < -0.4 is 0 Å².